The normalized spacial score (nSPS) is 13.3. The summed E-state index contributed by atoms with van der Waals surface area (Å²) in [5, 5.41) is 0. The molecule has 1 heterocycles. The van der Waals surface area contributed by atoms with Crippen molar-refractivity contribution in [1.29, 1.82) is 0 Å². The molecule has 2 aromatic rings. The lowest BCUT2D eigenvalue weighted by Crippen LogP contribution is -2.36. The Bertz CT molecular complexity index is 793. The van der Waals surface area contributed by atoms with E-state index < -0.39 is 5.97 Å². The maximum atomic E-state index is 12.6. The number of methoxy groups -OCH3 is 1. The largest absolute Gasteiger partial charge is 0.497 e. The Hall–Kier alpha value is -2.34. The van der Waals surface area contributed by atoms with E-state index in [4.69, 9.17) is 9.47 Å². The summed E-state index contributed by atoms with van der Waals surface area (Å²) in [7, 11) is 1.63. The van der Waals surface area contributed by atoms with Crippen LogP contribution in [0.1, 0.15) is 38.5 Å². The summed E-state index contributed by atoms with van der Waals surface area (Å²) in [5.41, 5.74) is 1.58. The van der Waals surface area contributed by atoms with Gasteiger partial charge < -0.3 is 14.4 Å². The van der Waals surface area contributed by atoms with Gasteiger partial charge in [0, 0.05) is 22.3 Å². The molecule has 0 atom stereocenters. The molecule has 1 aromatic heterocycles. The number of nitrogens with zero attached hydrogens (tertiary/aromatic N) is 1. The number of rotatable bonds is 7. The van der Waals surface area contributed by atoms with Crippen molar-refractivity contribution in [2.45, 2.75) is 39.3 Å². The fourth-order valence-corrected chi connectivity index (χ4v) is 3.77. The van der Waals surface area contributed by atoms with E-state index in [0.717, 1.165) is 33.9 Å². The Morgan fingerprint density at radius 2 is 1.88 bits per heavy atom. The lowest BCUT2D eigenvalue weighted by molar-refractivity contribution is -0.135. The van der Waals surface area contributed by atoms with Gasteiger partial charge in [-0.25, -0.2) is 4.79 Å². The van der Waals surface area contributed by atoms with Crippen molar-refractivity contribution >= 4 is 23.2 Å². The lowest BCUT2D eigenvalue weighted by Gasteiger charge is -2.22. The van der Waals surface area contributed by atoms with Gasteiger partial charge in [0.1, 0.15) is 5.75 Å². The zero-order valence-electron chi connectivity index (χ0n) is 15.3. The minimum Gasteiger partial charge on any atom is -0.497 e. The van der Waals surface area contributed by atoms with Crippen LogP contribution in [0.3, 0.4) is 0 Å². The molecule has 138 valence electrons. The predicted molar refractivity (Wildman–Crippen MR) is 101 cm³/mol. The molecule has 1 aliphatic carbocycles. The first-order valence-corrected chi connectivity index (χ1v) is 9.46. The molecule has 1 aliphatic rings. The average molecular weight is 373 g/mol. The van der Waals surface area contributed by atoms with E-state index in [9.17, 15) is 9.59 Å². The summed E-state index contributed by atoms with van der Waals surface area (Å²) in [5.74, 6) is 0.204. The summed E-state index contributed by atoms with van der Waals surface area (Å²) >= 11 is 1.55. The molecular formula is C20H23NO4S. The highest BCUT2D eigenvalue weighted by Crippen LogP contribution is 2.29. The van der Waals surface area contributed by atoms with E-state index in [-0.39, 0.29) is 18.6 Å². The number of amides is 1. The van der Waals surface area contributed by atoms with Crippen molar-refractivity contribution in [3.63, 3.8) is 0 Å². The van der Waals surface area contributed by atoms with Gasteiger partial charge >= 0.3 is 5.97 Å². The Kier molecular flexibility index (Phi) is 5.61. The standard InChI is InChI=1S/C20H23NO4S/c1-13-10-18(14(2)26-13)20(23)25-12-19(22)21(16-6-7-16)11-15-4-8-17(24-3)9-5-15/h4-5,8-10,16H,6-7,11-12H2,1-3H3. The smallest absolute Gasteiger partial charge is 0.339 e. The molecule has 1 aromatic carbocycles. The highest BCUT2D eigenvalue weighted by atomic mass is 32.1. The number of carbonyl (C=O) groups excluding carboxylic acids is 2. The van der Waals surface area contributed by atoms with Crippen LogP contribution in [0.4, 0.5) is 0 Å². The second-order valence-corrected chi connectivity index (χ2v) is 7.96. The van der Waals surface area contributed by atoms with Gasteiger partial charge in [-0.3, -0.25) is 4.79 Å². The van der Waals surface area contributed by atoms with Crippen molar-refractivity contribution < 1.29 is 19.1 Å². The second-order valence-electron chi connectivity index (χ2n) is 6.50. The van der Waals surface area contributed by atoms with Gasteiger partial charge in [0.2, 0.25) is 0 Å². The van der Waals surface area contributed by atoms with Crippen LogP contribution in [0.5, 0.6) is 5.75 Å². The summed E-state index contributed by atoms with van der Waals surface area (Å²) in [6.45, 7) is 4.13. The van der Waals surface area contributed by atoms with Gasteiger partial charge in [0.05, 0.1) is 12.7 Å². The number of thiophene rings is 1. The van der Waals surface area contributed by atoms with Gasteiger partial charge in [-0.1, -0.05) is 12.1 Å². The second kappa shape index (κ2) is 7.91. The maximum Gasteiger partial charge on any atom is 0.339 e. The minimum absolute atomic E-state index is 0.152. The Labute approximate surface area is 157 Å². The topological polar surface area (TPSA) is 55.8 Å². The first kappa shape index (κ1) is 18.5. The number of ether oxygens (including phenoxy) is 2. The van der Waals surface area contributed by atoms with E-state index in [1.807, 2.05) is 44.2 Å². The molecule has 0 radical (unpaired) electrons. The summed E-state index contributed by atoms with van der Waals surface area (Å²) in [4.78, 5) is 28.6. The summed E-state index contributed by atoms with van der Waals surface area (Å²) in [6.07, 6.45) is 2.00. The molecule has 1 amide bonds. The third-order valence-electron chi connectivity index (χ3n) is 4.41. The molecule has 1 fully saturated rings. The van der Waals surface area contributed by atoms with E-state index >= 15 is 0 Å². The third-order valence-corrected chi connectivity index (χ3v) is 5.37. The molecule has 0 bridgehead atoms. The quantitative estimate of drug-likeness (QED) is 0.694. The lowest BCUT2D eigenvalue weighted by atomic mass is 10.2. The average Bonchev–Trinajstić information content (AvgIpc) is 3.41. The highest BCUT2D eigenvalue weighted by Gasteiger charge is 2.33. The third kappa shape index (κ3) is 4.43. The number of hydrogen-bond acceptors (Lipinski definition) is 5. The van der Waals surface area contributed by atoms with Gasteiger partial charge in [0.25, 0.3) is 5.91 Å². The molecule has 1 saturated carbocycles. The van der Waals surface area contributed by atoms with Crippen molar-refractivity contribution in [3.8, 4) is 5.75 Å². The van der Waals surface area contributed by atoms with Gasteiger partial charge in [-0.05, 0) is 50.5 Å². The number of aryl methyl sites for hydroxylation is 2. The Balaban J connectivity index is 1.60. The fraction of sp³-hybridized carbons (Fsp3) is 0.400. The summed E-state index contributed by atoms with van der Waals surface area (Å²) < 4.78 is 10.4. The van der Waals surface area contributed by atoms with Crippen molar-refractivity contribution in [3.05, 3.63) is 51.2 Å². The van der Waals surface area contributed by atoms with Crippen LogP contribution >= 0.6 is 11.3 Å². The van der Waals surface area contributed by atoms with Gasteiger partial charge in [0.15, 0.2) is 6.61 Å². The molecule has 0 N–H and O–H groups in total. The first-order valence-electron chi connectivity index (χ1n) is 8.64. The van der Waals surface area contributed by atoms with E-state index in [0.29, 0.717) is 12.1 Å². The molecule has 0 saturated heterocycles. The van der Waals surface area contributed by atoms with Crippen LogP contribution in [0, 0.1) is 13.8 Å². The first-order chi connectivity index (χ1) is 12.5. The monoisotopic (exact) mass is 373 g/mol. The SMILES string of the molecule is COc1ccc(CN(C(=O)COC(=O)c2cc(C)sc2C)C2CC2)cc1. The van der Waals surface area contributed by atoms with Crippen LogP contribution in [0.25, 0.3) is 0 Å². The van der Waals surface area contributed by atoms with Crippen molar-refractivity contribution in [2.75, 3.05) is 13.7 Å². The van der Waals surface area contributed by atoms with Crippen molar-refractivity contribution in [2.24, 2.45) is 0 Å². The van der Waals surface area contributed by atoms with Crippen LogP contribution < -0.4 is 4.74 Å². The fourth-order valence-electron chi connectivity index (χ4n) is 2.86. The summed E-state index contributed by atoms with van der Waals surface area (Å²) in [6, 6.07) is 9.71. The molecule has 0 aliphatic heterocycles. The molecule has 26 heavy (non-hydrogen) atoms. The minimum atomic E-state index is -0.430. The van der Waals surface area contributed by atoms with Crippen LogP contribution in [-0.2, 0) is 16.1 Å². The zero-order chi connectivity index (χ0) is 18.7. The molecule has 3 rings (SSSR count). The van der Waals surface area contributed by atoms with Gasteiger partial charge in [-0.15, -0.1) is 11.3 Å². The molecule has 0 spiro atoms. The zero-order valence-corrected chi connectivity index (χ0v) is 16.1. The molecule has 5 nitrogen and oxygen atoms in total. The molecular weight excluding hydrogens is 350 g/mol. The van der Waals surface area contributed by atoms with Crippen LogP contribution in [0.2, 0.25) is 0 Å². The van der Waals surface area contributed by atoms with Crippen LogP contribution in [-0.4, -0.2) is 36.5 Å². The van der Waals surface area contributed by atoms with E-state index in [1.165, 1.54) is 0 Å². The van der Waals surface area contributed by atoms with Crippen molar-refractivity contribution in [1.82, 2.24) is 4.90 Å². The Morgan fingerprint density at radius 3 is 2.42 bits per heavy atom. The number of hydrogen-bond donors (Lipinski definition) is 0. The maximum absolute atomic E-state index is 12.6. The predicted octanol–water partition coefficient (Wildman–Crippen LogP) is 3.72. The molecule has 0 unspecified atom stereocenters. The van der Waals surface area contributed by atoms with Gasteiger partial charge in [-0.2, -0.15) is 0 Å². The Morgan fingerprint density at radius 1 is 1.19 bits per heavy atom. The highest BCUT2D eigenvalue weighted by molar-refractivity contribution is 7.12. The van der Waals surface area contributed by atoms with E-state index in [2.05, 4.69) is 0 Å². The van der Waals surface area contributed by atoms with E-state index in [1.54, 1.807) is 23.3 Å². The number of carbonyl (C=O) groups is 2. The number of esters is 1. The van der Waals surface area contributed by atoms with Crippen LogP contribution in [0.15, 0.2) is 30.3 Å². The molecule has 6 heteroatoms. The number of benzene rings is 1.